The first-order chi connectivity index (χ1) is 8.91. The number of carbonyl (C=O) groups is 1. The normalized spacial score (nSPS) is 11.6. The van der Waals surface area contributed by atoms with E-state index in [0.29, 0.717) is 0 Å². The van der Waals surface area contributed by atoms with E-state index in [1.54, 1.807) is 13.8 Å². The third-order valence-corrected chi connectivity index (χ3v) is 4.42. The van der Waals surface area contributed by atoms with Crippen molar-refractivity contribution in [1.82, 2.24) is 9.29 Å². The molecule has 19 heavy (non-hydrogen) atoms. The number of aromatic nitrogens is 1. The van der Waals surface area contributed by atoms with Crippen LogP contribution in [0.2, 0.25) is 5.15 Å². The van der Waals surface area contributed by atoms with Gasteiger partial charge in [-0.2, -0.15) is 4.31 Å². The van der Waals surface area contributed by atoms with Crippen molar-refractivity contribution < 1.29 is 17.9 Å². The zero-order chi connectivity index (χ0) is 14.5. The van der Waals surface area contributed by atoms with Gasteiger partial charge in [0, 0.05) is 12.7 Å². The van der Waals surface area contributed by atoms with Gasteiger partial charge >= 0.3 is 5.97 Å². The molecular weight excluding hydrogens is 292 g/mol. The number of pyridine rings is 1. The maximum Gasteiger partial charge on any atom is 0.321 e. The van der Waals surface area contributed by atoms with Crippen LogP contribution in [0.5, 0.6) is 0 Å². The fourth-order valence-corrected chi connectivity index (χ4v) is 3.06. The third-order valence-electron chi connectivity index (χ3n) is 2.30. The van der Waals surface area contributed by atoms with Gasteiger partial charge in [0.25, 0.3) is 0 Å². The maximum absolute atomic E-state index is 12.3. The molecular formula is C11H15ClN2O4S. The molecule has 0 N–H and O–H groups in total. The molecule has 0 spiro atoms. The summed E-state index contributed by atoms with van der Waals surface area (Å²) >= 11 is 5.67. The lowest BCUT2D eigenvalue weighted by molar-refractivity contribution is -0.143. The highest BCUT2D eigenvalue weighted by Gasteiger charge is 2.26. The van der Waals surface area contributed by atoms with E-state index in [9.17, 15) is 13.2 Å². The largest absolute Gasteiger partial charge is 0.465 e. The molecule has 0 aliphatic rings. The molecule has 106 valence electrons. The Morgan fingerprint density at radius 2 is 2.16 bits per heavy atom. The SMILES string of the molecule is CCOC(=O)CN(CC)S(=O)(=O)c1ccnc(Cl)c1. The summed E-state index contributed by atoms with van der Waals surface area (Å²) in [5, 5.41) is 0.0771. The lowest BCUT2D eigenvalue weighted by Crippen LogP contribution is -2.36. The van der Waals surface area contributed by atoms with E-state index in [1.165, 1.54) is 18.3 Å². The number of rotatable bonds is 6. The second-order valence-electron chi connectivity index (χ2n) is 3.55. The molecule has 0 aliphatic carbocycles. The maximum atomic E-state index is 12.3. The molecule has 0 fully saturated rings. The Labute approximate surface area is 117 Å². The predicted molar refractivity (Wildman–Crippen MR) is 70.3 cm³/mol. The van der Waals surface area contributed by atoms with Gasteiger partial charge in [-0.15, -0.1) is 0 Å². The van der Waals surface area contributed by atoms with Crippen LogP contribution in [0.1, 0.15) is 13.8 Å². The first-order valence-electron chi connectivity index (χ1n) is 5.69. The zero-order valence-corrected chi connectivity index (χ0v) is 12.2. The minimum atomic E-state index is -3.78. The molecule has 0 aromatic carbocycles. The molecule has 1 aromatic heterocycles. The van der Waals surface area contributed by atoms with Gasteiger partial charge in [-0.3, -0.25) is 4.79 Å². The van der Waals surface area contributed by atoms with Gasteiger partial charge in [0.05, 0.1) is 11.5 Å². The monoisotopic (exact) mass is 306 g/mol. The summed E-state index contributed by atoms with van der Waals surface area (Å²) in [6.07, 6.45) is 1.30. The van der Waals surface area contributed by atoms with Gasteiger partial charge in [0.15, 0.2) is 0 Å². The van der Waals surface area contributed by atoms with E-state index in [4.69, 9.17) is 16.3 Å². The van der Waals surface area contributed by atoms with Crippen LogP contribution in [0.15, 0.2) is 23.2 Å². The fourth-order valence-electron chi connectivity index (χ4n) is 1.41. The summed E-state index contributed by atoms with van der Waals surface area (Å²) in [6, 6.07) is 2.57. The van der Waals surface area contributed by atoms with Gasteiger partial charge in [0.2, 0.25) is 10.0 Å². The molecule has 1 rings (SSSR count). The summed E-state index contributed by atoms with van der Waals surface area (Å²) in [7, 11) is -3.78. The van der Waals surface area contributed by atoms with Crippen LogP contribution in [0, 0.1) is 0 Å². The van der Waals surface area contributed by atoms with Crippen LogP contribution in [0.4, 0.5) is 0 Å². The summed E-state index contributed by atoms with van der Waals surface area (Å²) in [4.78, 5) is 15.1. The molecule has 0 saturated carbocycles. The molecule has 0 saturated heterocycles. The lowest BCUT2D eigenvalue weighted by atomic mass is 10.5. The number of hydrogen-bond donors (Lipinski definition) is 0. The van der Waals surface area contributed by atoms with Gasteiger partial charge < -0.3 is 4.74 Å². The fraction of sp³-hybridized carbons (Fsp3) is 0.455. The number of nitrogens with zero attached hydrogens (tertiary/aromatic N) is 2. The topological polar surface area (TPSA) is 76.6 Å². The minimum absolute atomic E-state index is 0.00125. The highest BCUT2D eigenvalue weighted by atomic mass is 35.5. The second-order valence-corrected chi connectivity index (χ2v) is 5.88. The highest BCUT2D eigenvalue weighted by molar-refractivity contribution is 7.89. The number of hydrogen-bond acceptors (Lipinski definition) is 5. The van der Waals surface area contributed by atoms with E-state index >= 15 is 0 Å². The van der Waals surface area contributed by atoms with Crippen molar-refractivity contribution in [3.05, 3.63) is 23.5 Å². The van der Waals surface area contributed by atoms with Crippen LogP contribution in [-0.4, -0.2) is 43.4 Å². The van der Waals surface area contributed by atoms with E-state index in [0.717, 1.165) is 4.31 Å². The third kappa shape index (κ3) is 4.15. The average Bonchev–Trinajstić information content (AvgIpc) is 2.36. The van der Waals surface area contributed by atoms with Crippen molar-refractivity contribution >= 4 is 27.6 Å². The Balaban J connectivity index is 2.99. The number of ether oxygens (including phenoxy) is 1. The van der Waals surface area contributed by atoms with Crippen LogP contribution < -0.4 is 0 Å². The smallest absolute Gasteiger partial charge is 0.321 e. The molecule has 0 unspecified atom stereocenters. The molecule has 1 heterocycles. The van der Waals surface area contributed by atoms with E-state index < -0.39 is 16.0 Å². The summed E-state index contributed by atoms with van der Waals surface area (Å²) < 4.78 is 30.3. The Bertz CT molecular complexity index is 547. The zero-order valence-electron chi connectivity index (χ0n) is 10.7. The molecule has 8 heteroatoms. The van der Waals surface area contributed by atoms with Crippen molar-refractivity contribution in [2.75, 3.05) is 19.7 Å². The van der Waals surface area contributed by atoms with Gasteiger partial charge in [-0.1, -0.05) is 18.5 Å². The standard InChI is InChI=1S/C11H15ClN2O4S/c1-3-14(8-11(15)18-4-2)19(16,17)9-5-6-13-10(12)7-9/h5-7H,3-4,8H2,1-2H3. The van der Waals surface area contributed by atoms with E-state index in [-0.39, 0.29) is 29.7 Å². The molecule has 0 amide bonds. The minimum Gasteiger partial charge on any atom is -0.465 e. The van der Waals surface area contributed by atoms with Crippen LogP contribution >= 0.6 is 11.6 Å². The van der Waals surface area contributed by atoms with Crippen LogP contribution in [0.25, 0.3) is 0 Å². The Morgan fingerprint density at radius 3 is 2.68 bits per heavy atom. The number of carbonyl (C=O) groups excluding carboxylic acids is 1. The molecule has 0 aliphatic heterocycles. The summed E-state index contributed by atoms with van der Waals surface area (Å²) in [6.45, 7) is 3.33. The number of sulfonamides is 1. The molecule has 0 radical (unpaired) electrons. The van der Waals surface area contributed by atoms with Crippen molar-refractivity contribution in [2.45, 2.75) is 18.7 Å². The highest BCUT2D eigenvalue weighted by Crippen LogP contribution is 2.17. The summed E-state index contributed by atoms with van der Waals surface area (Å²) in [5.41, 5.74) is 0. The average molecular weight is 307 g/mol. The molecule has 0 atom stereocenters. The quantitative estimate of drug-likeness (QED) is 0.585. The first-order valence-corrected chi connectivity index (χ1v) is 7.51. The van der Waals surface area contributed by atoms with Crippen molar-refractivity contribution in [3.8, 4) is 0 Å². The number of likely N-dealkylation sites (N-methyl/N-ethyl adjacent to an activating group) is 1. The molecule has 1 aromatic rings. The Kier molecular flexibility index (Phi) is 5.71. The van der Waals surface area contributed by atoms with Gasteiger partial charge in [0.1, 0.15) is 11.7 Å². The number of halogens is 1. The lowest BCUT2D eigenvalue weighted by Gasteiger charge is -2.19. The van der Waals surface area contributed by atoms with Gasteiger partial charge in [-0.05, 0) is 19.1 Å². The van der Waals surface area contributed by atoms with E-state index in [1.807, 2.05) is 0 Å². The molecule has 0 bridgehead atoms. The predicted octanol–water partition coefficient (Wildman–Crippen LogP) is 1.31. The van der Waals surface area contributed by atoms with Gasteiger partial charge in [-0.25, -0.2) is 13.4 Å². The molecule has 6 nitrogen and oxygen atoms in total. The van der Waals surface area contributed by atoms with Crippen molar-refractivity contribution in [2.24, 2.45) is 0 Å². The second kappa shape index (κ2) is 6.83. The Hall–Kier alpha value is -1.18. The van der Waals surface area contributed by atoms with Crippen LogP contribution in [0.3, 0.4) is 0 Å². The Morgan fingerprint density at radius 1 is 1.47 bits per heavy atom. The van der Waals surface area contributed by atoms with E-state index in [2.05, 4.69) is 4.98 Å². The van der Waals surface area contributed by atoms with Crippen LogP contribution in [-0.2, 0) is 19.6 Å². The first kappa shape index (κ1) is 15.9. The summed E-state index contributed by atoms with van der Waals surface area (Å²) in [5.74, 6) is -0.590. The number of esters is 1. The van der Waals surface area contributed by atoms with Crippen molar-refractivity contribution in [1.29, 1.82) is 0 Å². The van der Waals surface area contributed by atoms with Crippen molar-refractivity contribution in [3.63, 3.8) is 0 Å².